The second kappa shape index (κ2) is 5.86. The Kier molecular flexibility index (Phi) is 3.66. The minimum absolute atomic E-state index is 0.274. The smallest absolute Gasteiger partial charge is 0.206 e. The average molecular weight is 348 g/mol. The number of nitrogens with zero attached hydrogens (tertiary/aromatic N) is 1. The molecule has 0 unspecified atom stereocenters. The molecule has 0 saturated carbocycles. The van der Waals surface area contributed by atoms with Crippen LogP contribution >= 0.6 is 0 Å². The first-order valence-corrected chi connectivity index (χ1v) is 9.39. The van der Waals surface area contributed by atoms with Gasteiger partial charge in [-0.3, -0.25) is 0 Å². The fourth-order valence-electron chi connectivity index (χ4n) is 2.73. The summed E-state index contributed by atoms with van der Waals surface area (Å²) in [4.78, 5) is 8.36. The number of rotatable bonds is 3. The fraction of sp³-hybridized carbons (Fsp3) is 0.0500. The van der Waals surface area contributed by atoms with Crippen molar-refractivity contribution in [3.63, 3.8) is 0 Å². The maximum absolute atomic E-state index is 12.7. The van der Waals surface area contributed by atoms with E-state index in [0.29, 0.717) is 4.90 Å². The Balaban J connectivity index is 1.71. The number of nitrogens with one attached hydrogen (secondary N) is 1. The first kappa shape index (κ1) is 15.6. The lowest BCUT2D eigenvalue weighted by atomic mass is 10.2. The van der Waals surface area contributed by atoms with Crippen molar-refractivity contribution in [3.8, 4) is 11.4 Å². The van der Waals surface area contributed by atoms with Crippen LogP contribution < -0.4 is 0 Å². The molecule has 124 valence electrons. The molecule has 0 bridgehead atoms. The Morgan fingerprint density at radius 2 is 1.40 bits per heavy atom. The number of para-hydroxylation sites is 2. The maximum Gasteiger partial charge on any atom is 0.206 e. The molecule has 1 N–H and O–H groups in total. The highest BCUT2D eigenvalue weighted by atomic mass is 32.2. The summed E-state index contributed by atoms with van der Waals surface area (Å²) >= 11 is 0. The maximum atomic E-state index is 12.7. The second-order valence-electron chi connectivity index (χ2n) is 5.94. The van der Waals surface area contributed by atoms with E-state index in [4.69, 9.17) is 0 Å². The highest BCUT2D eigenvalue weighted by Crippen LogP contribution is 2.25. The van der Waals surface area contributed by atoms with Gasteiger partial charge >= 0.3 is 0 Å². The SMILES string of the molecule is Cc1ccc(S(=O)(=O)c2ccc(-c3nc4ccccc4[nH]3)cc2)cc1. The lowest BCUT2D eigenvalue weighted by Gasteiger charge is -2.06. The number of aromatic amines is 1. The predicted octanol–water partition coefficient (Wildman–Crippen LogP) is 4.37. The largest absolute Gasteiger partial charge is 0.338 e. The molecular weight excluding hydrogens is 332 g/mol. The van der Waals surface area contributed by atoms with Crippen LogP contribution in [-0.2, 0) is 9.84 Å². The molecule has 1 heterocycles. The molecule has 0 spiro atoms. The van der Waals surface area contributed by atoms with Gasteiger partial charge in [0.05, 0.1) is 20.8 Å². The van der Waals surface area contributed by atoms with Gasteiger partial charge in [-0.05, 0) is 55.5 Å². The monoisotopic (exact) mass is 348 g/mol. The van der Waals surface area contributed by atoms with Gasteiger partial charge in [0, 0.05) is 5.56 Å². The van der Waals surface area contributed by atoms with Crippen molar-refractivity contribution in [2.75, 3.05) is 0 Å². The van der Waals surface area contributed by atoms with Crippen molar-refractivity contribution in [3.05, 3.63) is 78.4 Å². The van der Waals surface area contributed by atoms with Gasteiger partial charge in [0.25, 0.3) is 0 Å². The molecule has 25 heavy (non-hydrogen) atoms. The molecule has 5 heteroatoms. The van der Waals surface area contributed by atoms with Crippen LogP contribution in [0.5, 0.6) is 0 Å². The first-order valence-electron chi connectivity index (χ1n) is 7.91. The van der Waals surface area contributed by atoms with Crippen LogP contribution in [0.15, 0.2) is 82.6 Å². The molecule has 3 aromatic carbocycles. The third-order valence-corrected chi connectivity index (χ3v) is 5.94. The van der Waals surface area contributed by atoms with Gasteiger partial charge in [0.1, 0.15) is 5.82 Å². The second-order valence-corrected chi connectivity index (χ2v) is 7.89. The van der Waals surface area contributed by atoms with Crippen molar-refractivity contribution in [1.29, 1.82) is 0 Å². The number of aromatic nitrogens is 2. The van der Waals surface area contributed by atoms with E-state index < -0.39 is 9.84 Å². The molecule has 4 aromatic rings. The van der Waals surface area contributed by atoms with Crippen LogP contribution in [0, 0.1) is 6.92 Å². The quantitative estimate of drug-likeness (QED) is 0.598. The lowest BCUT2D eigenvalue weighted by molar-refractivity contribution is 0.596. The number of hydrogen-bond acceptors (Lipinski definition) is 3. The zero-order valence-corrected chi connectivity index (χ0v) is 14.4. The minimum atomic E-state index is -3.51. The van der Waals surface area contributed by atoms with Crippen molar-refractivity contribution >= 4 is 20.9 Å². The number of benzene rings is 3. The van der Waals surface area contributed by atoms with Gasteiger partial charge in [-0.1, -0.05) is 29.8 Å². The van der Waals surface area contributed by atoms with E-state index in [1.807, 2.05) is 31.2 Å². The molecule has 0 aliphatic rings. The summed E-state index contributed by atoms with van der Waals surface area (Å²) in [6, 6.07) is 21.5. The molecule has 0 radical (unpaired) electrons. The van der Waals surface area contributed by atoms with Crippen LogP contribution in [0.4, 0.5) is 0 Å². The highest BCUT2D eigenvalue weighted by molar-refractivity contribution is 7.91. The number of H-pyrrole nitrogens is 1. The lowest BCUT2D eigenvalue weighted by Crippen LogP contribution is -2.01. The number of imidazole rings is 1. The van der Waals surface area contributed by atoms with Crippen molar-refractivity contribution < 1.29 is 8.42 Å². The molecule has 4 nitrogen and oxygen atoms in total. The summed E-state index contributed by atoms with van der Waals surface area (Å²) in [6.45, 7) is 1.93. The van der Waals surface area contributed by atoms with E-state index in [-0.39, 0.29) is 4.90 Å². The van der Waals surface area contributed by atoms with E-state index in [2.05, 4.69) is 9.97 Å². The van der Waals surface area contributed by atoms with Crippen molar-refractivity contribution in [2.24, 2.45) is 0 Å². The van der Waals surface area contributed by atoms with E-state index >= 15 is 0 Å². The van der Waals surface area contributed by atoms with Crippen LogP contribution in [0.2, 0.25) is 0 Å². The Labute approximate surface area is 146 Å². The molecule has 0 atom stereocenters. The van der Waals surface area contributed by atoms with Gasteiger partial charge < -0.3 is 4.98 Å². The normalized spacial score (nSPS) is 11.7. The third kappa shape index (κ3) is 2.83. The zero-order chi connectivity index (χ0) is 17.4. The van der Waals surface area contributed by atoms with Crippen molar-refractivity contribution in [2.45, 2.75) is 16.7 Å². The summed E-state index contributed by atoms with van der Waals surface area (Å²) in [6.07, 6.45) is 0. The topological polar surface area (TPSA) is 62.8 Å². The Morgan fingerprint density at radius 3 is 2.04 bits per heavy atom. The number of sulfone groups is 1. The van der Waals surface area contributed by atoms with Gasteiger partial charge in [-0.2, -0.15) is 0 Å². The first-order chi connectivity index (χ1) is 12.0. The van der Waals surface area contributed by atoms with E-state index in [0.717, 1.165) is 28.0 Å². The predicted molar refractivity (Wildman–Crippen MR) is 98.2 cm³/mol. The Bertz CT molecular complexity index is 1110. The Morgan fingerprint density at radius 1 is 0.800 bits per heavy atom. The van der Waals surface area contributed by atoms with Crippen LogP contribution in [0.1, 0.15) is 5.56 Å². The van der Waals surface area contributed by atoms with Crippen LogP contribution in [0.25, 0.3) is 22.4 Å². The highest BCUT2D eigenvalue weighted by Gasteiger charge is 2.17. The summed E-state index contributed by atoms with van der Waals surface area (Å²) in [7, 11) is -3.51. The molecule has 0 aliphatic carbocycles. The van der Waals surface area contributed by atoms with E-state index in [1.54, 1.807) is 48.5 Å². The number of fused-ring (bicyclic) bond motifs is 1. The summed E-state index contributed by atoms with van der Waals surface area (Å²) in [5, 5.41) is 0. The average Bonchev–Trinajstić information content (AvgIpc) is 3.06. The van der Waals surface area contributed by atoms with Gasteiger partial charge in [-0.15, -0.1) is 0 Å². The molecule has 0 aliphatic heterocycles. The third-order valence-electron chi connectivity index (χ3n) is 4.16. The molecule has 0 amide bonds. The van der Waals surface area contributed by atoms with Crippen LogP contribution in [0.3, 0.4) is 0 Å². The molecule has 0 saturated heterocycles. The molecular formula is C20H16N2O2S. The summed E-state index contributed by atoms with van der Waals surface area (Å²) in [5.41, 5.74) is 3.71. The summed E-state index contributed by atoms with van der Waals surface area (Å²) < 4.78 is 25.4. The zero-order valence-electron chi connectivity index (χ0n) is 13.6. The van der Waals surface area contributed by atoms with Gasteiger partial charge in [0.2, 0.25) is 9.84 Å². The minimum Gasteiger partial charge on any atom is -0.338 e. The standard InChI is InChI=1S/C20H16N2O2S/c1-14-6-10-16(11-7-14)25(23,24)17-12-8-15(9-13-17)20-21-18-4-2-3-5-19(18)22-20/h2-13H,1H3,(H,21,22). The number of hydrogen-bond donors (Lipinski definition) is 1. The van der Waals surface area contributed by atoms with Crippen molar-refractivity contribution in [1.82, 2.24) is 9.97 Å². The molecule has 4 rings (SSSR count). The van der Waals surface area contributed by atoms with Crippen LogP contribution in [-0.4, -0.2) is 18.4 Å². The summed E-state index contributed by atoms with van der Waals surface area (Å²) in [5.74, 6) is 0.723. The van der Waals surface area contributed by atoms with Gasteiger partial charge in [0.15, 0.2) is 0 Å². The number of aryl methyl sites for hydroxylation is 1. The Hall–Kier alpha value is -2.92. The molecule has 0 fully saturated rings. The van der Waals surface area contributed by atoms with Gasteiger partial charge in [-0.25, -0.2) is 13.4 Å². The fourth-order valence-corrected chi connectivity index (χ4v) is 4.00. The van der Waals surface area contributed by atoms with E-state index in [9.17, 15) is 8.42 Å². The molecule has 1 aromatic heterocycles. The van der Waals surface area contributed by atoms with E-state index in [1.165, 1.54) is 0 Å².